The largest absolute Gasteiger partial charge is 0.506 e. The van der Waals surface area contributed by atoms with Crippen LogP contribution in [-0.4, -0.2) is 25.5 Å². The molecule has 1 heterocycles. The van der Waals surface area contributed by atoms with Crippen LogP contribution >= 0.6 is 0 Å². The highest BCUT2D eigenvalue weighted by Gasteiger charge is 2.26. The predicted octanol–water partition coefficient (Wildman–Crippen LogP) is 2.22. The van der Waals surface area contributed by atoms with Crippen molar-refractivity contribution >= 4 is 27.3 Å². The van der Waals surface area contributed by atoms with Crippen LogP contribution in [0.15, 0.2) is 41.3 Å². The van der Waals surface area contributed by atoms with Gasteiger partial charge in [0.2, 0.25) is 0 Å². The lowest BCUT2D eigenvalue weighted by molar-refractivity contribution is -0.122. The van der Waals surface area contributed by atoms with Crippen molar-refractivity contribution in [2.24, 2.45) is 0 Å². The van der Waals surface area contributed by atoms with Gasteiger partial charge in [-0.3, -0.25) is 9.52 Å². The maximum atomic E-state index is 12.5. The Morgan fingerprint density at radius 3 is 2.71 bits per heavy atom. The van der Waals surface area contributed by atoms with Crippen LogP contribution in [0.5, 0.6) is 11.5 Å². The Balaban J connectivity index is 1.95. The molecule has 24 heavy (non-hydrogen) atoms. The fourth-order valence-corrected chi connectivity index (χ4v) is 3.38. The predicted molar refractivity (Wildman–Crippen MR) is 88.8 cm³/mol. The van der Waals surface area contributed by atoms with Gasteiger partial charge in [0.15, 0.2) is 6.10 Å². The van der Waals surface area contributed by atoms with Crippen LogP contribution in [0.3, 0.4) is 0 Å². The van der Waals surface area contributed by atoms with Gasteiger partial charge in [0.1, 0.15) is 11.5 Å². The molecule has 8 heteroatoms. The molecule has 0 aromatic heterocycles. The van der Waals surface area contributed by atoms with E-state index in [1.807, 2.05) is 0 Å². The summed E-state index contributed by atoms with van der Waals surface area (Å²) >= 11 is 0. The summed E-state index contributed by atoms with van der Waals surface area (Å²) in [4.78, 5) is 11.6. The van der Waals surface area contributed by atoms with Crippen molar-refractivity contribution in [2.45, 2.75) is 24.8 Å². The number of carbonyl (C=O) groups is 1. The number of aryl methyl sites for hydroxylation is 1. The topological polar surface area (TPSA) is 105 Å². The standard InChI is InChI=1S/C16H16N2O5S/c1-9-3-5-14(19)12(7-9)18-24(21,22)11-4-6-15-13(8-11)17-16(20)10(2)23-15/h3-8,10,18-19H,1-2H3,(H,17,20). The molecule has 2 aromatic rings. The highest BCUT2D eigenvalue weighted by Crippen LogP contribution is 2.33. The number of fused-ring (bicyclic) bond motifs is 1. The van der Waals surface area contributed by atoms with Crippen LogP contribution in [0.2, 0.25) is 0 Å². The second kappa shape index (κ2) is 5.72. The molecular formula is C16H16N2O5S. The van der Waals surface area contributed by atoms with Crippen molar-refractivity contribution in [1.29, 1.82) is 0 Å². The van der Waals surface area contributed by atoms with Crippen molar-refractivity contribution in [3.63, 3.8) is 0 Å². The summed E-state index contributed by atoms with van der Waals surface area (Å²) in [6, 6.07) is 8.77. The summed E-state index contributed by atoms with van der Waals surface area (Å²) in [5.74, 6) is -0.117. The van der Waals surface area contributed by atoms with Crippen LogP contribution in [0.4, 0.5) is 11.4 Å². The van der Waals surface area contributed by atoms with Gasteiger partial charge in [0, 0.05) is 0 Å². The van der Waals surface area contributed by atoms with Crippen LogP contribution in [-0.2, 0) is 14.8 Å². The molecule has 1 aliphatic rings. The highest BCUT2D eigenvalue weighted by molar-refractivity contribution is 7.92. The summed E-state index contributed by atoms with van der Waals surface area (Å²) < 4.78 is 32.8. The number of phenols is 1. The van der Waals surface area contributed by atoms with Crippen LogP contribution in [0.25, 0.3) is 0 Å². The molecule has 0 saturated carbocycles. The average molecular weight is 348 g/mol. The van der Waals surface area contributed by atoms with E-state index in [0.29, 0.717) is 5.75 Å². The SMILES string of the molecule is Cc1ccc(O)c(NS(=O)(=O)c2ccc3c(c2)NC(=O)C(C)O3)c1. The number of ether oxygens (including phenoxy) is 1. The number of aromatic hydroxyl groups is 1. The van der Waals surface area contributed by atoms with Gasteiger partial charge >= 0.3 is 0 Å². The van der Waals surface area contributed by atoms with Gasteiger partial charge in [0.25, 0.3) is 15.9 Å². The molecule has 7 nitrogen and oxygen atoms in total. The number of phenolic OH excluding ortho intramolecular Hbond substituents is 1. The van der Waals surface area contributed by atoms with Gasteiger partial charge in [-0.2, -0.15) is 0 Å². The molecule has 0 radical (unpaired) electrons. The van der Waals surface area contributed by atoms with Crippen molar-refractivity contribution in [3.05, 3.63) is 42.0 Å². The summed E-state index contributed by atoms with van der Waals surface area (Å²) in [6.07, 6.45) is -0.637. The normalized spacial score (nSPS) is 16.8. The molecule has 126 valence electrons. The molecule has 2 aromatic carbocycles. The first-order valence-electron chi connectivity index (χ1n) is 7.20. The quantitative estimate of drug-likeness (QED) is 0.738. The zero-order valence-electron chi connectivity index (χ0n) is 13.0. The van der Waals surface area contributed by atoms with Crippen molar-refractivity contribution in [1.82, 2.24) is 0 Å². The molecule has 0 spiro atoms. The minimum Gasteiger partial charge on any atom is -0.506 e. The molecule has 1 unspecified atom stereocenters. The Morgan fingerprint density at radius 1 is 1.21 bits per heavy atom. The number of sulfonamides is 1. The van der Waals surface area contributed by atoms with Gasteiger partial charge in [-0.05, 0) is 49.7 Å². The number of carbonyl (C=O) groups excluding carboxylic acids is 1. The Bertz CT molecular complexity index is 924. The van der Waals surface area contributed by atoms with Crippen LogP contribution < -0.4 is 14.8 Å². The molecule has 1 aliphatic heterocycles. The van der Waals surface area contributed by atoms with Gasteiger partial charge in [-0.15, -0.1) is 0 Å². The lowest BCUT2D eigenvalue weighted by Crippen LogP contribution is -2.34. The van der Waals surface area contributed by atoms with E-state index >= 15 is 0 Å². The zero-order valence-corrected chi connectivity index (χ0v) is 13.8. The molecular weight excluding hydrogens is 332 g/mol. The van der Waals surface area contributed by atoms with E-state index in [4.69, 9.17) is 4.74 Å². The number of hydrogen-bond donors (Lipinski definition) is 3. The number of hydrogen-bond acceptors (Lipinski definition) is 5. The third-order valence-corrected chi connectivity index (χ3v) is 4.95. The molecule has 0 bridgehead atoms. The number of benzene rings is 2. The van der Waals surface area contributed by atoms with E-state index in [1.54, 1.807) is 19.9 Å². The van der Waals surface area contributed by atoms with E-state index < -0.39 is 16.1 Å². The number of rotatable bonds is 3. The van der Waals surface area contributed by atoms with E-state index in [1.165, 1.54) is 30.3 Å². The van der Waals surface area contributed by atoms with Crippen molar-refractivity contribution in [2.75, 3.05) is 10.0 Å². The summed E-state index contributed by atoms with van der Waals surface area (Å²) in [7, 11) is -3.93. The maximum Gasteiger partial charge on any atom is 0.265 e. The molecule has 0 saturated heterocycles. The van der Waals surface area contributed by atoms with Gasteiger partial charge < -0.3 is 15.2 Å². The van der Waals surface area contributed by atoms with Gasteiger partial charge in [-0.25, -0.2) is 8.42 Å². The average Bonchev–Trinajstić information content (AvgIpc) is 2.51. The molecule has 3 rings (SSSR count). The lowest BCUT2D eigenvalue weighted by Gasteiger charge is -2.23. The van der Waals surface area contributed by atoms with E-state index in [0.717, 1.165) is 5.56 Å². The number of anilines is 2. The zero-order chi connectivity index (χ0) is 17.5. The van der Waals surface area contributed by atoms with Crippen LogP contribution in [0.1, 0.15) is 12.5 Å². The first-order valence-corrected chi connectivity index (χ1v) is 8.68. The summed E-state index contributed by atoms with van der Waals surface area (Å²) in [5, 5.41) is 12.4. The highest BCUT2D eigenvalue weighted by atomic mass is 32.2. The Hall–Kier alpha value is -2.74. The van der Waals surface area contributed by atoms with Crippen molar-refractivity contribution in [3.8, 4) is 11.5 Å². The fourth-order valence-electron chi connectivity index (χ4n) is 2.29. The monoisotopic (exact) mass is 348 g/mol. The Kier molecular flexibility index (Phi) is 3.84. The van der Waals surface area contributed by atoms with E-state index in [9.17, 15) is 18.3 Å². The van der Waals surface area contributed by atoms with Crippen LogP contribution in [0, 0.1) is 6.92 Å². The lowest BCUT2D eigenvalue weighted by atomic mass is 10.2. The van der Waals surface area contributed by atoms with Gasteiger partial charge in [-0.1, -0.05) is 6.07 Å². The molecule has 0 aliphatic carbocycles. The molecule has 1 atom stereocenters. The second-order valence-electron chi connectivity index (χ2n) is 5.53. The summed E-state index contributed by atoms with van der Waals surface area (Å²) in [6.45, 7) is 3.38. The van der Waals surface area contributed by atoms with E-state index in [-0.39, 0.29) is 27.9 Å². The van der Waals surface area contributed by atoms with Gasteiger partial charge in [0.05, 0.1) is 16.3 Å². The Morgan fingerprint density at radius 2 is 1.96 bits per heavy atom. The fraction of sp³-hybridized carbons (Fsp3) is 0.188. The summed E-state index contributed by atoms with van der Waals surface area (Å²) in [5.41, 5.74) is 1.17. The first-order chi connectivity index (χ1) is 11.3. The first kappa shape index (κ1) is 16.1. The molecule has 0 fully saturated rings. The third kappa shape index (κ3) is 3.00. The smallest absolute Gasteiger partial charge is 0.265 e. The molecule has 1 amide bonds. The number of amides is 1. The van der Waals surface area contributed by atoms with E-state index in [2.05, 4.69) is 10.0 Å². The third-order valence-electron chi connectivity index (χ3n) is 3.59. The maximum absolute atomic E-state index is 12.5. The Labute approximate surface area is 139 Å². The minimum absolute atomic E-state index is 0.0550. The van der Waals surface area contributed by atoms with Crippen molar-refractivity contribution < 1.29 is 23.1 Å². The number of nitrogens with one attached hydrogen (secondary N) is 2. The second-order valence-corrected chi connectivity index (χ2v) is 7.22. The minimum atomic E-state index is -3.93. The molecule has 3 N–H and O–H groups in total.